The van der Waals surface area contributed by atoms with Crippen molar-refractivity contribution in [1.29, 1.82) is 0 Å². The summed E-state index contributed by atoms with van der Waals surface area (Å²) in [5.41, 5.74) is 8.97. The van der Waals surface area contributed by atoms with Gasteiger partial charge in [0.2, 0.25) is 0 Å². The molecule has 122 valence electrons. The average Bonchev–Trinajstić information content (AvgIpc) is 2.49. The average molecular weight is 301 g/mol. The van der Waals surface area contributed by atoms with Gasteiger partial charge >= 0.3 is 0 Å². The van der Waals surface area contributed by atoms with Crippen LogP contribution in [0.4, 0.5) is 5.69 Å². The van der Waals surface area contributed by atoms with Crippen LogP contribution in [0.3, 0.4) is 0 Å². The molecule has 0 atom stereocenters. The van der Waals surface area contributed by atoms with Gasteiger partial charge in [-0.25, -0.2) is 0 Å². The first kappa shape index (κ1) is 15.8. The topological polar surface area (TPSA) is 41.3 Å². The highest BCUT2D eigenvalue weighted by Crippen LogP contribution is 2.44. The molecule has 1 saturated heterocycles. The Morgan fingerprint density at radius 2 is 1.86 bits per heavy atom. The molecule has 2 aliphatic rings. The molecule has 3 rings (SSSR count). The molecule has 1 saturated carbocycles. The number of rotatable bonds is 6. The number of nitrogens with two attached hydrogens (primary N) is 1. The summed E-state index contributed by atoms with van der Waals surface area (Å²) < 4.78 is 0. The summed E-state index contributed by atoms with van der Waals surface area (Å²) in [7, 11) is 0. The van der Waals surface area contributed by atoms with Crippen molar-refractivity contribution < 1.29 is 0 Å². The van der Waals surface area contributed by atoms with Gasteiger partial charge in [-0.1, -0.05) is 24.1 Å². The summed E-state index contributed by atoms with van der Waals surface area (Å²) in [6, 6.07) is 9.40. The SMILES string of the molecule is Cc1ccc(NC2CCN(CC3(CCN)CCC3)CC2)cc1. The maximum atomic E-state index is 5.82. The molecule has 0 bridgehead atoms. The van der Waals surface area contributed by atoms with Gasteiger partial charge < -0.3 is 16.0 Å². The van der Waals surface area contributed by atoms with Gasteiger partial charge in [0, 0.05) is 31.4 Å². The minimum absolute atomic E-state index is 0.561. The quantitative estimate of drug-likeness (QED) is 0.846. The molecule has 0 amide bonds. The van der Waals surface area contributed by atoms with Crippen LogP contribution in [0.1, 0.15) is 44.1 Å². The molecular weight excluding hydrogens is 270 g/mol. The maximum Gasteiger partial charge on any atom is 0.0342 e. The standard InChI is InChI=1S/C19H31N3/c1-16-3-5-17(6-4-16)21-18-7-13-22(14-8-18)15-19(11-12-20)9-2-10-19/h3-6,18,21H,2,7-15,20H2,1H3. The van der Waals surface area contributed by atoms with Gasteiger partial charge in [0.25, 0.3) is 0 Å². The summed E-state index contributed by atoms with van der Waals surface area (Å²) in [6.07, 6.45) is 7.93. The van der Waals surface area contributed by atoms with Crippen LogP contribution in [-0.4, -0.2) is 37.1 Å². The largest absolute Gasteiger partial charge is 0.382 e. The highest BCUT2D eigenvalue weighted by atomic mass is 15.2. The highest BCUT2D eigenvalue weighted by molar-refractivity contribution is 5.45. The Balaban J connectivity index is 1.45. The number of hydrogen-bond acceptors (Lipinski definition) is 3. The van der Waals surface area contributed by atoms with E-state index in [2.05, 4.69) is 41.4 Å². The monoisotopic (exact) mass is 301 g/mol. The lowest BCUT2D eigenvalue weighted by Gasteiger charge is -2.46. The predicted molar refractivity (Wildman–Crippen MR) is 94.2 cm³/mol. The minimum Gasteiger partial charge on any atom is -0.382 e. The first-order valence-electron chi connectivity index (χ1n) is 8.95. The van der Waals surface area contributed by atoms with Crippen LogP contribution >= 0.6 is 0 Å². The Kier molecular flexibility index (Phi) is 5.04. The fourth-order valence-corrected chi connectivity index (χ4v) is 4.07. The van der Waals surface area contributed by atoms with Crippen LogP contribution in [0, 0.1) is 12.3 Å². The Labute approximate surface area is 135 Å². The maximum absolute atomic E-state index is 5.82. The number of piperidine rings is 1. The van der Waals surface area contributed by atoms with Crippen molar-refractivity contribution in [3.05, 3.63) is 29.8 Å². The van der Waals surface area contributed by atoms with E-state index in [1.807, 2.05) is 0 Å². The van der Waals surface area contributed by atoms with Crippen molar-refractivity contribution in [2.45, 2.75) is 51.5 Å². The van der Waals surface area contributed by atoms with Crippen molar-refractivity contribution in [3.63, 3.8) is 0 Å². The first-order chi connectivity index (χ1) is 10.7. The summed E-state index contributed by atoms with van der Waals surface area (Å²) in [4.78, 5) is 2.68. The molecule has 1 aromatic carbocycles. The Morgan fingerprint density at radius 3 is 2.41 bits per heavy atom. The molecule has 3 N–H and O–H groups in total. The zero-order chi connectivity index (χ0) is 15.4. The number of anilines is 1. The van der Waals surface area contributed by atoms with E-state index >= 15 is 0 Å². The molecule has 22 heavy (non-hydrogen) atoms. The zero-order valence-electron chi connectivity index (χ0n) is 14.0. The van der Waals surface area contributed by atoms with E-state index in [1.165, 1.54) is 69.4 Å². The number of nitrogens with one attached hydrogen (secondary N) is 1. The summed E-state index contributed by atoms with van der Waals surface area (Å²) in [6.45, 7) is 6.73. The fraction of sp³-hybridized carbons (Fsp3) is 0.684. The van der Waals surface area contributed by atoms with Gasteiger partial charge in [0.05, 0.1) is 0 Å². The lowest BCUT2D eigenvalue weighted by molar-refractivity contribution is 0.0495. The summed E-state index contributed by atoms with van der Waals surface area (Å²) in [5.74, 6) is 0. The van der Waals surface area contributed by atoms with E-state index in [0.717, 1.165) is 6.54 Å². The highest BCUT2D eigenvalue weighted by Gasteiger charge is 2.38. The van der Waals surface area contributed by atoms with Crippen molar-refractivity contribution in [2.75, 3.05) is 31.5 Å². The van der Waals surface area contributed by atoms with Crippen molar-refractivity contribution >= 4 is 5.69 Å². The van der Waals surface area contributed by atoms with E-state index in [1.54, 1.807) is 0 Å². The molecule has 0 aromatic heterocycles. The van der Waals surface area contributed by atoms with E-state index in [0.29, 0.717) is 11.5 Å². The molecule has 1 aliphatic carbocycles. The number of nitrogens with zero attached hydrogens (tertiary/aromatic N) is 1. The third kappa shape index (κ3) is 3.82. The van der Waals surface area contributed by atoms with Gasteiger partial charge in [-0.3, -0.25) is 0 Å². The van der Waals surface area contributed by atoms with Gasteiger partial charge in [0.1, 0.15) is 0 Å². The van der Waals surface area contributed by atoms with E-state index < -0.39 is 0 Å². The molecule has 3 nitrogen and oxygen atoms in total. The summed E-state index contributed by atoms with van der Waals surface area (Å²) >= 11 is 0. The van der Waals surface area contributed by atoms with Gasteiger partial charge in [-0.15, -0.1) is 0 Å². The predicted octanol–water partition coefficient (Wildman–Crippen LogP) is 3.39. The van der Waals surface area contributed by atoms with Crippen LogP contribution in [0.25, 0.3) is 0 Å². The minimum atomic E-state index is 0.561. The fourth-order valence-electron chi connectivity index (χ4n) is 4.07. The van der Waals surface area contributed by atoms with Crippen LogP contribution in [-0.2, 0) is 0 Å². The number of benzene rings is 1. The second kappa shape index (κ2) is 7.01. The molecular formula is C19H31N3. The third-order valence-corrected chi connectivity index (χ3v) is 5.66. The molecule has 1 aliphatic heterocycles. The number of likely N-dealkylation sites (tertiary alicyclic amines) is 1. The second-order valence-electron chi connectivity index (χ2n) is 7.45. The van der Waals surface area contributed by atoms with Crippen LogP contribution in [0.2, 0.25) is 0 Å². The Morgan fingerprint density at radius 1 is 1.18 bits per heavy atom. The van der Waals surface area contributed by atoms with E-state index in [9.17, 15) is 0 Å². The third-order valence-electron chi connectivity index (χ3n) is 5.66. The van der Waals surface area contributed by atoms with Gasteiger partial charge in [-0.2, -0.15) is 0 Å². The molecule has 2 fully saturated rings. The number of aryl methyl sites for hydroxylation is 1. The first-order valence-corrected chi connectivity index (χ1v) is 8.95. The van der Waals surface area contributed by atoms with Crippen LogP contribution in [0.5, 0.6) is 0 Å². The van der Waals surface area contributed by atoms with Crippen molar-refractivity contribution in [2.24, 2.45) is 11.1 Å². The van der Waals surface area contributed by atoms with Gasteiger partial charge in [-0.05, 0) is 63.1 Å². The lowest BCUT2D eigenvalue weighted by Crippen LogP contribution is -2.47. The van der Waals surface area contributed by atoms with E-state index in [-0.39, 0.29) is 0 Å². The normalized spacial score (nSPS) is 22.3. The lowest BCUT2D eigenvalue weighted by atomic mass is 9.66. The van der Waals surface area contributed by atoms with E-state index in [4.69, 9.17) is 5.73 Å². The molecule has 3 heteroatoms. The van der Waals surface area contributed by atoms with Crippen molar-refractivity contribution in [1.82, 2.24) is 4.90 Å². The second-order valence-corrected chi connectivity index (χ2v) is 7.45. The number of hydrogen-bond donors (Lipinski definition) is 2. The smallest absolute Gasteiger partial charge is 0.0342 e. The molecule has 0 unspecified atom stereocenters. The Hall–Kier alpha value is -1.06. The van der Waals surface area contributed by atoms with Crippen molar-refractivity contribution in [3.8, 4) is 0 Å². The van der Waals surface area contributed by atoms with Crippen LogP contribution < -0.4 is 11.1 Å². The Bertz CT molecular complexity index is 456. The van der Waals surface area contributed by atoms with Crippen LogP contribution in [0.15, 0.2) is 24.3 Å². The molecule has 0 spiro atoms. The molecule has 1 aromatic rings. The molecule has 1 heterocycles. The zero-order valence-corrected chi connectivity index (χ0v) is 14.0. The van der Waals surface area contributed by atoms with Gasteiger partial charge in [0.15, 0.2) is 0 Å². The summed E-state index contributed by atoms with van der Waals surface area (Å²) in [5, 5.41) is 3.70. The molecule has 0 radical (unpaired) electrons.